The third kappa shape index (κ3) is 4.58. The van der Waals surface area contributed by atoms with Crippen LogP contribution in [0.4, 0.5) is 0 Å². The van der Waals surface area contributed by atoms with Crippen molar-refractivity contribution in [2.24, 2.45) is 0 Å². The van der Waals surface area contributed by atoms with Gasteiger partial charge in [0.1, 0.15) is 5.69 Å². The number of sulfonamides is 1. The number of aromatic nitrogens is 1. The van der Waals surface area contributed by atoms with Gasteiger partial charge in [-0.1, -0.05) is 26.0 Å². The molecule has 2 aromatic heterocycles. The number of aryl methyl sites for hydroxylation is 1. The Kier molecular flexibility index (Phi) is 6.51. The highest BCUT2D eigenvalue weighted by molar-refractivity contribution is 7.89. The van der Waals surface area contributed by atoms with Crippen LogP contribution >= 0.6 is 11.3 Å². The molecule has 0 aliphatic carbocycles. The van der Waals surface area contributed by atoms with E-state index in [0.717, 1.165) is 10.4 Å². The molecule has 1 N–H and O–H groups in total. The first-order valence-electron chi connectivity index (χ1n) is 9.25. The summed E-state index contributed by atoms with van der Waals surface area (Å²) in [5, 5.41) is 3.49. The molecule has 0 spiro atoms. The maximum atomic E-state index is 12.5. The highest BCUT2D eigenvalue weighted by Crippen LogP contribution is 2.27. The number of amides is 1. The zero-order valence-corrected chi connectivity index (χ0v) is 18.1. The highest BCUT2D eigenvalue weighted by Gasteiger charge is 2.21. The van der Waals surface area contributed by atoms with Gasteiger partial charge in [-0.2, -0.15) is 4.31 Å². The second-order valence-electron chi connectivity index (χ2n) is 6.32. The van der Waals surface area contributed by atoms with Crippen molar-refractivity contribution < 1.29 is 17.6 Å². The monoisotopic (exact) mass is 433 g/mol. The average Bonchev–Trinajstić information content (AvgIpc) is 3.37. The van der Waals surface area contributed by atoms with Gasteiger partial charge in [-0.3, -0.25) is 4.79 Å². The van der Waals surface area contributed by atoms with Crippen LogP contribution in [0.2, 0.25) is 0 Å². The van der Waals surface area contributed by atoms with Crippen LogP contribution in [0.5, 0.6) is 0 Å². The van der Waals surface area contributed by atoms with Gasteiger partial charge in [0, 0.05) is 24.5 Å². The third-order valence-corrected chi connectivity index (χ3v) is 7.51. The molecule has 0 saturated carbocycles. The lowest BCUT2D eigenvalue weighted by Crippen LogP contribution is -2.30. The first-order chi connectivity index (χ1) is 13.9. The van der Waals surface area contributed by atoms with Gasteiger partial charge in [0.25, 0.3) is 5.91 Å². The molecule has 29 heavy (non-hydrogen) atoms. The molecule has 1 amide bonds. The van der Waals surface area contributed by atoms with Gasteiger partial charge in [0.05, 0.1) is 11.2 Å². The Hall–Kier alpha value is -2.49. The lowest BCUT2D eigenvalue weighted by molar-refractivity contribution is 0.0946. The first-order valence-corrected chi connectivity index (χ1v) is 11.5. The number of hydrogen-bond acceptors (Lipinski definition) is 6. The summed E-state index contributed by atoms with van der Waals surface area (Å²) in [6.07, 6.45) is 1.57. The number of furan rings is 1. The molecule has 3 rings (SSSR count). The van der Waals surface area contributed by atoms with Crippen molar-refractivity contribution in [1.29, 1.82) is 0 Å². The van der Waals surface area contributed by atoms with Crippen molar-refractivity contribution >= 4 is 27.3 Å². The van der Waals surface area contributed by atoms with Gasteiger partial charge < -0.3 is 9.73 Å². The molecule has 0 unspecified atom stereocenters. The second kappa shape index (κ2) is 8.89. The summed E-state index contributed by atoms with van der Waals surface area (Å²) in [6.45, 7) is 6.57. The van der Waals surface area contributed by atoms with Gasteiger partial charge in [0.15, 0.2) is 10.8 Å². The van der Waals surface area contributed by atoms with Gasteiger partial charge in [-0.15, -0.1) is 11.3 Å². The molecular weight excluding hydrogens is 410 g/mol. The molecule has 0 aliphatic rings. The summed E-state index contributed by atoms with van der Waals surface area (Å²) < 4.78 is 31.8. The highest BCUT2D eigenvalue weighted by atomic mass is 32.2. The second-order valence-corrected chi connectivity index (χ2v) is 9.46. The van der Waals surface area contributed by atoms with Crippen LogP contribution in [0.15, 0.2) is 52.0 Å². The van der Waals surface area contributed by atoms with Crippen LogP contribution in [0.3, 0.4) is 0 Å². The number of carbonyl (C=O) groups excluding carboxylic acids is 1. The Morgan fingerprint density at radius 3 is 2.45 bits per heavy atom. The van der Waals surface area contributed by atoms with Gasteiger partial charge in [0.2, 0.25) is 10.0 Å². The topological polar surface area (TPSA) is 92.5 Å². The van der Waals surface area contributed by atoms with Crippen LogP contribution in [-0.4, -0.2) is 36.7 Å². The van der Waals surface area contributed by atoms with E-state index in [1.807, 2.05) is 20.8 Å². The van der Waals surface area contributed by atoms with Crippen molar-refractivity contribution in [2.75, 3.05) is 13.1 Å². The minimum atomic E-state index is -3.49. The van der Waals surface area contributed by atoms with E-state index in [2.05, 4.69) is 10.3 Å². The molecular formula is C20H23N3O4S2. The molecule has 1 aromatic carbocycles. The average molecular weight is 434 g/mol. The third-order valence-electron chi connectivity index (χ3n) is 4.46. The molecule has 0 atom stereocenters. The van der Waals surface area contributed by atoms with Crippen molar-refractivity contribution in [3.63, 3.8) is 0 Å². The maximum Gasteiger partial charge on any atom is 0.271 e. The number of hydrogen-bond donors (Lipinski definition) is 1. The standard InChI is InChI=1S/C20H23N3O4S2/c1-4-23(5-2)29(25,26)16-10-8-15(9-11-16)13-21-19(24)18-14(3)28-20(22-18)17-7-6-12-27-17/h6-12H,4-5,13H2,1-3H3,(H,21,24). The van der Waals surface area contributed by atoms with Crippen LogP contribution in [0.1, 0.15) is 34.8 Å². The summed E-state index contributed by atoms with van der Waals surface area (Å²) in [5.74, 6) is 0.346. The SMILES string of the molecule is CCN(CC)S(=O)(=O)c1ccc(CNC(=O)c2nc(-c3ccco3)sc2C)cc1. The first kappa shape index (κ1) is 21.2. The van der Waals surface area contributed by atoms with Crippen molar-refractivity contribution in [2.45, 2.75) is 32.2 Å². The van der Waals surface area contributed by atoms with E-state index in [9.17, 15) is 13.2 Å². The van der Waals surface area contributed by atoms with Crippen LogP contribution in [0.25, 0.3) is 10.8 Å². The van der Waals surface area contributed by atoms with Crippen LogP contribution in [0, 0.1) is 6.92 Å². The normalized spacial score (nSPS) is 11.7. The van der Waals surface area contributed by atoms with Crippen molar-refractivity contribution in [3.05, 3.63) is 58.8 Å². The number of thiazole rings is 1. The summed E-state index contributed by atoms with van der Waals surface area (Å²) in [5.41, 5.74) is 1.16. The molecule has 0 saturated heterocycles. The van der Waals surface area contributed by atoms with Gasteiger partial charge >= 0.3 is 0 Å². The Labute approximate surface area is 174 Å². The van der Waals surface area contributed by atoms with E-state index < -0.39 is 10.0 Å². The molecule has 7 nitrogen and oxygen atoms in total. The number of carbonyl (C=O) groups is 1. The fourth-order valence-corrected chi connectivity index (χ4v) is 5.21. The van der Waals surface area contributed by atoms with E-state index in [1.165, 1.54) is 15.6 Å². The maximum absolute atomic E-state index is 12.5. The number of nitrogens with zero attached hydrogens (tertiary/aromatic N) is 2. The Morgan fingerprint density at radius 2 is 1.86 bits per heavy atom. The molecule has 0 fully saturated rings. The fraction of sp³-hybridized carbons (Fsp3) is 0.300. The molecule has 9 heteroatoms. The lowest BCUT2D eigenvalue weighted by Gasteiger charge is -2.18. The van der Waals surface area contributed by atoms with E-state index in [1.54, 1.807) is 42.7 Å². The summed E-state index contributed by atoms with van der Waals surface area (Å²) >= 11 is 1.40. The van der Waals surface area contributed by atoms with Gasteiger partial charge in [-0.05, 0) is 36.8 Å². The number of rotatable bonds is 8. The van der Waals surface area contributed by atoms with E-state index in [-0.39, 0.29) is 17.3 Å². The van der Waals surface area contributed by atoms with E-state index in [4.69, 9.17) is 4.42 Å². The largest absolute Gasteiger partial charge is 0.462 e. The number of nitrogens with one attached hydrogen (secondary N) is 1. The number of benzene rings is 1. The molecule has 0 aliphatic heterocycles. The van der Waals surface area contributed by atoms with E-state index >= 15 is 0 Å². The fourth-order valence-electron chi connectivity index (χ4n) is 2.87. The predicted octanol–water partition coefficient (Wildman–Crippen LogP) is 3.67. The summed E-state index contributed by atoms with van der Waals surface area (Å²) in [7, 11) is -3.49. The zero-order valence-electron chi connectivity index (χ0n) is 16.5. The Bertz CT molecular complexity index is 1070. The quantitative estimate of drug-likeness (QED) is 0.585. The predicted molar refractivity (Wildman–Crippen MR) is 112 cm³/mol. The zero-order chi connectivity index (χ0) is 21.0. The minimum Gasteiger partial charge on any atom is -0.462 e. The Morgan fingerprint density at radius 1 is 1.17 bits per heavy atom. The van der Waals surface area contributed by atoms with E-state index in [0.29, 0.717) is 29.6 Å². The van der Waals surface area contributed by atoms with Crippen LogP contribution < -0.4 is 5.32 Å². The Balaban J connectivity index is 1.67. The lowest BCUT2D eigenvalue weighted by atomic mass is 10.2. The molecule has 154 valence electrons. The molecule has 0 radical (unpaired) electrons. The minimum absolute atomic E-state index is 0.245. The summed E-state index contributed by atoms with van der Waals surface area (Å²) in [6, 6.07) is 10.1. The van der Waals surface area contributed by atoms with Gasteiger partial charge in [-0.25, -0.2) is 13.4 Å². The molecule has 2 heterocycles. The smallest absolute Gasteiger partial charge is 0.271 e. The van der Waals surface area contributed by atoms with Crippen molar-refractivity contribution in [1.82, 2.24) is 14.6 Å². The molecule has 0 bridgehead atoms. The molecule has 3 aromatic rings. The van der Waals surface area contributed by atoms with Crippen LogP contribution in [-0.2, 0) is 16.6 Å². The van der Waals surface area contributed by atoms with Crippen molar-refractivity contribution in [3.8, 4) is 10.8 Å². The summed E-state index contributed by atoms with van der Waals surface area (Å²) in [4.78, 5) is 17.9.